The Kier molecular flexibility index (Phi) is 5.08. The Morgan fingerprint density at radius 3 is 2.38 bits per heavy atom. The third-order valence-electron chi connectivity index (χ3n) is 5.01. The second-order valence-corrected chi connectivity index (χ2v) is 6.89. The van der Waals surface area contributed by atoms with Crippen LogP contribution in [0.1, 0.15) is 33.9 Å². The predicted molar refractivity (Wildman–Crippen MR) is 105 cm³/mol. The number of fused-ring (bicyclic) bond motifs is 1. The van der Waals surface area contributed by atoms with Crippen molar-refractivity contribution >= 4 is 17.5 Å². The van der Waals surface area contributed by atoms with E-state index in [1.54, 1.807) is 35.2 Å². The number of nitrogens with one attached hydrogen (secondary N) is 1. The molecule has 4 nitrogen and oxygen atoms in total. The lowest BCUT2D eigenvalue weighted by Crippen LogP contribution is -2.32. The Balaban J connectivity index is 1.61. The van der Waals surface area contributed by atoms with Crippen LogP contribution in [0.15, 0.2) is 72.8 Å². The molecule has 0 aromatic heterocycles. The molecule has 1 atom stereocenters. The molecule has 1 N–H and O–H groups in total. The number of amides is 2. The van der Waals surface area contributed by atoms with Gasteiger partial charge in [-0.1, -0.05) is 42.5 Å². The van der Waals surface area contributed by atoms with Crippen molar-refractivity contribution in [2.24, 2.45) is 0 Å². The minimum atomic E-state index is -0.609. The van der Waals surface area contributed by atoms with Crippen LogP contribution in [0.2, 0.25) is 0 Å². The smallest absolute Gasteiger partial charge is 0.255 e. The lowest BCUT2D eigenvalue weighted by molar-refractivity contribution is -0.117. The first kappa shape index (κ1) is 18.8. The monoisotopic (exact) mass is 392 g/mol. The van der Waals surface area contributed by atoms with E-state index in [4.69, 9.17) is 0 Å². The van der Waals surface area contributed by atoms with Crippen molar-refractivity contribution in [3.05, 3.63) is 101 Å². The van der Waals surface area contributed by atoms with E-state index in [2.05, 4.69) is 5.32 Å². The van der Waals surface area contributed by atoms with Crippen LogP contribution < -0.4 is 5.32 Å². The molecule has 0 radical (unpaired) electrons. The van der Waals surface area contributed by atoms with Gasteiger partial charge in [0.25, 0.3) is 5.91 Å². The van der Waals surface area contributed by atoms with E-state index >= 15 is 0 Å². The van der Waals surface area contributed by atoms with E-state index in [0.29, 0.717) is 17.7 Å². The number of halogens is 2. The zero-order valence-electron chi connectivity index (χ0n) is 15.4. The molecule has 146 valence electrons. The van der Waals surface area contributed by atoms with Gasteiger partial charge in [-0.3, -0.25) is 9.59 Å². The fraction of sp³-hybridized carbons (Fsp3) is 0.130. The minimum absolute atomic E-state index is 0.0754. The number of anilines is 1. The van der Waals surface area contributed by atoms with Crippen LogP contribution in [0.3, 0.4) is 0 Å². The van der Waals surface area contributed by atoms with E-state index < -0.39 is 23.6 Å². The first-order valence-corrected chi connectivity index (χ1v) is 9.21. The van der Waals surface area contributed by atoms with Crippen LogP contribution in [-0.4, -0.2) is 16.7 Å². The Morgan fingerprint density at radius 1 is 0.966 bits per heavy atom. The first-order valence-electron chi connectivity index (χ1n) is 9.21. The van der Waals surface area contributed by atoms with Gasteiger partial charge in [0.1, 0.15) is 11.6 Å². The highest BCUT2D eigenvalue weighted by molar-refractivity contribution is 5.99. The molecule has 3 aromatic carbocycles. The normalized spacial score (nSPS) is 13.9. The Morgan fingerprint density at radius 2 is 1.66 bits per heavy atom. The molecule has 1 unspecified atom stereocenters. The van der Waals surface area contributed by atoms with Crippen molar-refractivity contribution in [3.63, 3.8) is 0 Å². The third-order valence-corrected chi connectivity index (χ3v) is 5.01. The quantitative estimate of drug-likeness (QED) is 0.685. The lowest BCUT2D eigenvalue weighted by Gasteiger charge is -2.28. The SMILES string of the molecule is O=C(CC(c1ccc(F)cc1)N1Cc2ccccc2C1=O)Nc1ccccc1F. The molecular weight excluding hydrogens is 374 g/mol. The van der Waals surface area contributed by atoms with Crippen molar-refractivity contribution in [1.29, 1.82) is 0 Å². The molecule has 2 amide bonds. The summed E-state index contributed by atoms with van der Waals surface area (Å²) in [5.74, 6) is -1.56. The van der Waals surface area contributed by atoms with Crippen molar-refractivity contribution in [2.45, 2.75) is 19.0 Å². The van der Waals surface area contributed by atoms with Crippen molar-refractivity contribution in [2.75, 3.05) is 5.32 Å². The molecule has 0 saturated heterocycles. The fourth-order valence-electron chi connectivity index (χ4n) is 3.56. The number of para-hydroxylation sites is 1. The van der Waals surface area contributed by atoms with Crippen LogP contribution in [-0.2, 0) is 11.3 Å². The van der Waals surface area contributed by atoms with Crippen LogP contribution in [0.4, 0.5) is 14.5 Å². The van der Waals surface area contributed by atoms with Crippen LogP contribution in [0.25, 0.3) is 0 Å². The number of carbonyl (C=O) groups excluding carboxylic acids is 2. The molecule has 4 rings (SSSR count). The molecule has 1 aliphatic rings. The summed E-state index contributed by atoms with van der Waals surface area (Å²) < 4.78 is 27.3. The molecule has 0 aliphatic carbocycles. The highest BCUT2D eigenvalue weighted by Crippen LogP contribution is 2.33. The molecule has 0 bridgehead atoms. The summed E-state index contributed by atoms with van der Waals surface area (Å²) in [5, 5.41) is 2.56. The average Bonchev–Trinajstić information content (AvgIpc) is 3.05. The number of nitrogens with zero attached hydrogens (tertiary/aromatic N) is 1. The maximum atomic E-state index is 13.9. The average molecular weight is 392 g/mol. The maximum absolute atomic E-state index is 13.9. The van der Waals surface area contributed by atoms with Crippen LogP contribution >= 0.6 is 0 Å². The molecule has 29 heavy (non-hydrogen) atoms. The van der Waals surface area contributed by atoms with Gasteiger partial charge in [-0.25, -0.2) is 8.78 Å². The highest BCUT2D eigenvalue weighted by Gasteiger charge is 2.34. The second-order valence-electron chi connectivity index (χ2n) is 6.89. The lowest BCUT2D eigenvalue weighted by atomic mass is 10.0. The number of rotatable bonds is 5. The van der Waals surface area contributed by atoms with Gasteiger partial charge in [-0.2, -0.15) is 0 Å². The molecular formula is C23H18F2N2O2. The Labute approximate surface area is 166 Å². The maximum Gasteiger partial charge on any atom is 0.255 e. The third kappa shape index (κ3) is 3.87. The van der Waals surface area contributed by atoms with Gasteiger partial charge in [0.05, 0.1) is 18.2 Å². The van der Waals surface area contributed by atoms with E-state index in [0.717, 1.165) is 5.56 Å². The Bertz CT molecular complexity index is 1070. The summed E-state index contributed by atoms with van der Waals surface area (Å²) >= 11 is 0. The molecule has 0 spiro atoms. The summed E-state index contributed by atoms with van der Waals surface area (Å²) in [7, 11) is 0. The van der Waals surface area contributed by atoms with Crippen LogP contribution in [0, 0.1) is 11.6 Å². The van der Waals surface area contributed by atoms with Gasteiger partial charge in [-0.05, 0) is 41.5 Å². The summed E-state index contributed by atoms with van der Waals surface area (Å²) in [6.45, 7) is 0.351. The van der Waals surface area contributed by atoms with Gasteiger partial charge in [-0.15, -0.1) is 0 Å². The predicted octanol–water partition coefficient (Wildman–Crippen LogP) is 4.69. The number of carbonyl (C=O) groups is 2. The number of hydrogen-bond donors (Lipinski definition) is 1. The summed E-state index contributed by atoms with van der Waals surface area (Å²) in [5.41, 5.74) is 2.18. The minimum Gasteiger partial charge on any atom is -0.327 e. The van der Waals surface area contributed by atoms with Gasteiger partial charge in [0.15, 0.2) is 0 Å². The Hall–Kier alpha value is -3.54. The summed E-state index contributed by atoms with van der Waals surface area (Å²) in [6, 6.07) is 18.3. The fourth-order valence-corrected chi connectivity index (χ4v) is 3.56. The van der Waals surface area contributed by atoms with E-state index in [9.17, 15) is 18.4 Å². The largest absolute Gasteiger partial charge is 0.327 e. The molecule has 1 aliphatic heterocycles. The highest BCUT2D eigenvalue weighted by atomic mass is 19.1. The van der Waals surface area contributed by atoms with E-state index in [1.807, 2.05) is 12.1 Å². The van der Waals surface area contributed by atoms with Crippen molar-refractivity contribution in [3.8, 4) is 0 Å². The van der Waals surface area contributed by atoms with Crippen molar-refractivity contribution < 1.29 is 18.4 Å². The first-order chi connectivity index (χ1) is 14.0. The van der Waals surface area contributed by atoms with E-state index in [-0.39, 0.29) is 18.0 Å². The van der Waals surface area contributed by atoms with Gasteiger partial charge in [0.2, 0.25) is 5.91 Å². The molecule has 3 aromatic rings. The molecule has 1 heterocycles. The van der Waals surface area contributed by atoms with Gasteiger partial charge < -0.3 is 10.2 Å². The molecule has 6 heteroatoms. The van der Waals surface area contributed by atoms with Crippen molar-refractivity contribution in [1.82, 2.24) is 4.90 Å². The van der Waals surface area contributed by atoms with Gasteiger partial charge in [0, 0.05) is 12.1 Å². The second kappa shape index (κ2) is 7.83. The number of hydrogen-bond acceptors (Lipinski definition) is 2. The summed E-state index contributed by atoms with van der Waals surface area (Å²) in [6.07, 6.45) is -0.0836. The standard InChI is InChI=1S/C23H18F2N2O2/c24-17-11-9-15(10-12-17)21(13-22(28)26-20-8-4-3-7-19(20)25)27-14-16-5-1-2-6-18(16)23(27)29/h1-12,21H,13-14H2,(H,26,28). The zero-order chi connectivity index (χ0) is 20.4. The molecule has 0 saturated carbocycles. The molecule has 0 fully saturated rings. The number of benzene rings is 3. The zero-order valence-corrected chi connectivity index (χ0v) is 15.4. The van der Waals surface area contributed by atoms with Gasteiger partial charge >= 0.3 is 0 Å². The van der Waals surface area contributed by atoms with Crippen LogP contribution in [0.5, 0.6) is 0 Å². The topological polar surface area (TPSA) is 49.4 Å². The van der Waals surface area contributed by atoms with E-state index in [1.165, 1.54) is 30.3 Å². The summed E-state index contributed by atoms with van der Waals surface area (Å²) in [4.78, 5) is 27.2.